The van der Waals surface area contributed by atoms with Gasteiger partial charge in [-0.2, -0.15) is 11.8 Å². The number of carbonyl (C=O) groups is 1. The molecule has 0 radical (unpaired) electrons. The zero-order chi connectivity index (χ0) is 16.7. The molecular formula is C19H22FNOS. The first-order valence-electron chi connectivity index (χ1n) is 7.70. The number of aryl methyl sites for hydroxylation is 2. The van der Waals surface area contributed by atoms with Crippen molar-refractivity contribution in [3.8, 4) is 0 Å². The van der Waals surface area contributed by atoms with Gasteiger partial charge in [0.2, 0.25) is 5.91 Å². The molecule has 0 aliphatic rings. The fourth-order valence-electron chi connectivity index (χ4n) is 2.34. The van der Waals surface area contributed by atoms with Gasteiger partial charge < -0.3 is 5.32 Å². The molecule has 0 heterocycles. The average molecular weight is 331 g/mol. The third kappa shape index (κ3) is 5.71. The van der Waals surface area contributed by atoms with E-state index < -0.39 is 0 Å². The van der Waals surface area contributed by atoms with Crippen molar-refractivity contribution in [1.82, 2.24) is 5.32 Å². The van der Waals surface area contributed by atoms with Gasteiger partial charge in [0.25, 0.3) is 0 Å². The van der Waals surface area contributed by atoms with Gasteiger partial charge in [0.1, 0.15) is 5.82 Å². The van der Waals surface area contributed by atoms with Crippen molar-refractivity contribution < 1.29 is 9.18 Å². The summed E-state index contributed by atoms with van der Waals surface area (Å²) in [6.45, 7) is 4.67. The summed E-state index contributed by atoms with van der Waals surface area (Å²) >= 11 is 1.62. The number of thioether (sulfide) groups is 1. The molecule has 0 unspecified atom stereocenters. The van der Waals surface area contributed by atoms with Gasteiger partial charge in [-0.1, -0.05) is 42.0 Å². The molecular weight excluding hydrogens is 309 g/mol. The van der Waals surface area contributed by atoms with Gasteiger partial charge in [0.15, 0.2) is 0 Å². The van der Waals surface area contributed by atoms with E-state index in [0.29, 0.717) is 24.3 Å². The molecule has 0 saturated heterocycles. The largest absolute Gasteiger partial charge is 0.355 e. The van der Waals surface area contributed by atoms with Crippen molar-refractivity contribution in [2.45, 2.75) is 26.0 Å². The Morgan fingerprint density at radius 2 is 1.91 bits per heavy atom. The Morgan fingerprint density at radius 1 is 1.13 bits per heavy atom. The van der Waals surface area contributed by atoms with Gasteiger partial charge in [-0.05, 0) is 36.6 Å². The summed E-state index contributed by atoms with van der Waals surface area (Å²) in [5, 5.41) is 2.92. The topological polar surface area (TPSA) is 29.1 Å². The Labute approximate surface area is 141 Å². The smallest absolute Gasteiger partial charge is 0.224 e. The zero-order valence-corrected chi connectivity index (χ0v) is 14.4. The summed E-state index contributed by atoms with van der Waals surface area (Å²) in [6, 6.07) is 12.9. The van der Waals surface area contributed by atoms with Gasteiger partial charge in [-0.25, -0.2) is 4.39 Å². The minimum absolute atomic E-state index is 0.0310. The van der Waals surface area contributed by atoms with Crippen LogP contribution in [0, 0.1) is 19.7 Å². The van der Waals surface area contributed by atoms with E-state index >= 15 is 0 Å². The van der Waals surface area contributed by atoms with Crippen LogP contribution in [0.25, 0.3) is 0 Å². The van der Waals surface area contributed by atoms with Crippen LogP contribution >= 0.6 is 11.8 Å². The minimum Gasteiger partial charge on any atom is -0.355 e. The van der Waals surface area contributed by atoms with E-state index in [1.165, 1.54) is 11.6 Å². The molecule has 0 aromatic heterocycles. The third-order valence-corrected chi connectivity index (χ3v) is 4.64. The Kier molecular flexibility index (Phi) is 6.66. The standard InChI is InChI=1S/C19H22FNOS/c1-14-7-8-16(15(2)11-14)12-19(22)21-9-10-23-13-17-5-3-4-6-18(17)20/h3-8,11H,9-10,12-13H2,1-2H3,(H,21,22). The van der Waals surface area contributed by atoms with E-state index in [9.17, 15) is 9.18 Å². The van der Waals surface area contributed by atoms with Gasteiger partial charge >= 0.3 is 0 Å². The Morgan fingerprint density at radius 3 is 2.65 bits per heavy atom. The maximum Gasteiger partial charge on any atom is 0.224 e. The van der Waals surface area contributed by atoms with Crippen molar-refractivity contribution in [2.75, 3.05) is 12.3 Å². The fraction of sp³-hybridized carbons (Fsp3) is 0.316. The van der Waals surface area contributed by atoms with Crippen LogP contribution in [0.1, 0.15) is 22.3 Å². The lowest BCUT2D eigenvalue weighted by Crippen LogP contribution is -2.27. The number of hydrogen-bond donors (Lipinski definition) is 1. The maximum absolute atomic E-state index is 13.5. The predicted molar refractivity (Wildman–Crippen MR) is 95.2 cm³/mol. The second-order valence-corrected chi connectivity index (χ2v) is 6.71. The second-order valence-electron chi connectivity index (χ2n) is 5.60. The van der Waals surface area contributed by atoms with Gasteiger partial charge in [-0.15, -0.1) is 0 Å². The lowest BCUT2D eigenvalue weighted by Gasteiger charge is -2.08. The zero-order valence-electron chi connectivity index (χ0n) is 13.6. The molecule has 0 saturated carbocycles. The Hall–Kier alpha value is -1.81. The van der Waals surface area contributed by atoms with E-state index in [0.717, 1.165) is 16.9 Å². The van der Waals surface area contributed by atoms with E-state index in [1.54, 1.807) is 23.9 Å². The molecule has 2 aromatic carbocycles. The summed E-state index contributed by atoms with van der Waals surface area (Å²) < 4.78 is 13.5. The van der Waals surface area contributed by atoms with Crippen molar-refractivity contribution in [2.24, 2.45) is 0 Å². The van der Waals surface area contributed by atoms with Crippen LogP contribution in [0.2, 0.25) is 0 Å². The highest BCUT2D eigenvalue weighted by atomic mass is 32.2. The predicted octanol–water partition coefficient (Wildman–Crippen LogP) is 4.03. The minimum atomic E-state index is -0.168. The molecule has 2 nitrogen and oxygen atoms in total. The van der Waals surface area contributed by atoms with Crippen LogP contribution in [-0.2, 0) is 17.0 Å². The van der Waals surface area contributed by atoms with E-state index in [2.05, 4.69) is 11.4 Å². The number of nitrogens with one attached hydrogen (secondary N) is 1. The van der Waals surface area contributed by atoms with Crippen molar-refractivity contribution in [3.63, 3.8) is 0 Å². The number of carbonyl (C=O) groups excluding carboxylic acids is 1. The van der Waals surface area contributed by atoms with Crippen molar-refractivity contribution in [1.29, 1.82) is 0 Å². The molecule has 2 rings (SSSR count). The molecule has 0 fully saturated rings. The molecule has 0 aliphatic heterocycles. The highest BCUT2D eigenvalue weighted by molar-refractivity contribution is 7.98. The second kappa shape index (κ2) is 8.73. The normalized spacial score (nSPS) is 10.6. The molecule has 0 bridgehead atoms. The van der Waals surface area contributed by atoms with Gasteiger partial charge in [0, 0.05) is 18.1 Å². The summed E-state index contributed by atoms with van der Waals surface area (Å²) in [5.74, 6) is 1.26. The van der Waals surface area contributed by atoms with Crippen LogP contribution in [0.5, 0.6) is 0 Å². The van der Waals surface area contributed by atoms with Crippen LogP contribution in [0.4, 0.5) is 4.39 Å². The highest BCUT2D eigenvalue weighted by Crippen LogP contribution is 2.15. The number of rotatable bonds is 7. The lowest BCUT2D eigenvalue weighted by atomic mass is 10.0. The number of hydrogen-bond acceptors (Lipinski definition) is 2. The number of halogens is 1. The molecule has 0 aliphatic carbocycles. The molecule has 4 heteroatoms. The van der Waals surface area contributed by atoms with Crippen LogP contribution < -0.4 is 5.32 Å². The fourth-order valence-corrected chi connectivity index (χ4v) is 3.18. The third-order valence-electron chi connectivity index (χ3n) is 3.63. The quantitative estimate of drug-likeness (QED) is 0.776. The van der Waals surface area contributed by atoms with Gasteiger partial charge in [0.05, 0.1) is 6.42 Å². The molecule has 2 aromatic rings. The monoisotopic (exact) mass is 331 g/mol. The molecule has 122 valence electrons. The summed E-state index contributed by atoms with van der Waals surface area (Å²) in [6.07, 6.45) is 0.407. The first-order valence-corrected chi connectivity index (χ1v) is 8.85. The Bertz CT molecular complexity index is 672. The maximum atomic E-state index is 13.5. The van der Waals surface area contributed by atoms with Crippen molar-refractivity contribution in [3.05, 3.63) is 70.5 Å². The molecule has 0 spiro atoms. The van der Waals surface area contributed by atoms with E-state index in [4.69, 9.17) is 0 Å². The number of amides is 1. The van der Waals surface area contributed by atoms with Crippen LogP contribution in [-0.4, -0.2) is 18.2 Å². The van der Waals surface area contributed by atoms with Crippen molar-refractivity contribution >= 4 is 17.7 Å². The van der Waals surface area contributed by atoms with Crippen LogP contribution in [0.3, 0.4) is 0 Å². The summed E-state index contributed by atoms with van der Waals surface area (Å²) in [4.78, 5) is 12.0. The summed E-state index contributed by atoms with van der Waals surface area (Å²) in [7, 11) is 0. The molecule has 1 amide bonds. The van der Waals surface area contributed by atoms with E-state index in [1.807, 2.05) is 32.0 Å². The molecule has 23 heavy (non-hydrogen) atoms. The highest BCUT2D eigenvalue weighted by Gasteiger charge is 2.06. The first-order chi connectivity index (χ1) is 11.1. The summed E-state index contributed by atoms with van der Waals surface area (Å²) in [5.41, 5.74) is 4.12. The van der Waals surface area contributed by atoms with Gasteiger partial charge in [-0.3, -0.25) is 4.79 Å². The number of benzene rings is 2. The van der Waals surface area contributed by atoms with E-state index in [-0.39, 0.29) is 11.7 Å². The lowest BCUT2D eigenvalue weighted by molar-refractivity contribution is -0.120. The molecule has 1 N–H and O–H groups in total. The average Bonchev–Trinajstić information content (AvgIpc) is 2.51. The molecule has 0 atom stereocenters. The Balaban J connectivity index is 1.68. The SMILES string of the molecule is Cc1ccc(CC(=O)NCCSCc2ccccc2F)c(C)c1. The first kappa shape index (κ1) is 17.5. The van der Waals surface area contributed by atoms with Crippen LogP contribution in [0.15, 0.2) is 42.5 Å².